The van der Waals surface area contributed by atoms with E-state index in [0.29, 0.717) is 5.56 Å². The van der Waals surface area contributed by atoms with Gasteiger partial charge in [0.25, 0.3) is 0 Å². The number of carbonyl (C=O) groups excluding carboxylic acids is 1. The Morgan fingerprint density at radius 1 is 1.26 bits per heavy atom. The van der Waals surface area contributed by atoms with Gasteiger partial charge in [0.05, 0.1) is 0 Å². The highest BCUT2D eigenvalue weighted by atomic mass is 16.1. The molecule has 1 aromatic rings. The van der Waals surface area contributed by atoms with Crippen LogP contribution in [0.25, 0.3) is 0 Å². The molecule has 2 aliphatic rings. The van der Waals surface area contributed by atoms with Crippen molar-refractivity contribution in [2.24, 2.45) is 11.8 Å². The molecule has 2 unspecified atom stereocenters. The van der Waals surface area contributed by atoms with E-state index in [1.807, 2.05) is 6.07 Å². The van der Waals surface area contributed by atoms with Crippen molar-refractivity contribution in [3.05, 3.63) is 23.4 Å². The summed E-state index contributed by atoms with van der Waals surface area (Å²) < 4.78 is 0. The lowest BCUT2D eigenvalue weighted by Crippen LogP contribution is -2.42. The molecule has 1 aromatic heterocycles. The van der Waals surface area contributed by atoms with Crippen LogP contribution in [-0.4, -0.2) is 24.4 Å². The van der Waals surface area contributed by atoms with Gasteiger partial charge in [-0.3, -0.25) is 4.79 Å². The smallest absolute Gasteiger partial charge is 0.151 e. The van der Waals surface area contributed by atoms with Crippen LogP contribution < -0.4 is 4.90 Å². The Morgan fingerprint density at radius 3 is 2.79 bits per heavy atom. The van der Waals surface area contributed by atoms with Crippen LogP contribution >= 0.6 is 0 Å². The summed E-state index contributed by atoms with van der Waals surface area (Å²) in [7, 11) is 0. The standard InChI is InChI=1S/C16H22N2O/c1-12-8-13(11-19)9-17-16(12)18-7-6-14-4-2-3-5-15(14)10-18/h8-9,11,14-15H,2-7,10H2,1H3. The number of nitrogens with zero attached hydrogens (tertiary/aromatic N) is 2. The van der Waals surface area contributed by atoms with Gasteiger partial charge in [0.2, 0.25) is 0 Å². The van der Waals surface area contributed by atoms with Gasteiger partial charge in [-0.2, -0.15) is 0 Å². The van der Waals surface area contributed by atoms with Crippen LogP contribution in [0.2, 0.25) is 0 Å². The first-order valence-corrected chi connectivity index (χ1v) is 7.44. The number of pyridine rings is 1. The normalized spacial score (nSPS) is 26.9. The van der Waals surface area contributed by atoms with Crippen molar-refractivity contribution in [3.63, 3.8) is 0 Å². The van der Waals surface area contributed by atoms with E-state index in [2.05, 4.69) is 16.8 Å². The predicted octanol–water partition coefficient (Wildman–Crippen LogP) is 3.22. The fraction of sp³-hybridized carbons (Fsp3) is 0.625. The van der Waals surface area contributed by atoms with Crippen LogP contribution in [0.3, 0.4) is 0 Å². The van der Waals surface area contributed by atoms with Crippen molar-refractivity contribution < 1.29 is 4.79 Å². The third-order valence-corrected chi connectivity index (χ3v) is 4.80. The third kappa shape index (κ3) is 2.51. The van der Waals surface area contributed by atoms with Gasteiger partial charge in [-0.1, -0.05) is 19.3 Å². The molecule has 0 N–H and O–H groups in total. The van der Waals surface area contributed by atoms with E-state index < -0.39 is 0 Å². The van der Waals surface area contributed by atoms with Gasteiger partial charge < -0.3 is 4.90 Å². The van der Waals surface area contributed by atoms with Gasteiger partial charge in [-0.05, 0) is 43.2 Å². The SMILES string of the molecule is Cc1cc(C=O)cnc1N1CCC2CCCCC2C1. The molecule has 0 radical (unpaired) electrons. The summed E-state index contributed by atoms with van der Waals surface area (Å²) in [5.41, 5.74) is 1.80. The molecule has 0 spiro atoms. The lowest BCUT2D eigenvalue weighted by atomic mass is 9.75. The highest BCUT2D eigenvalue weighted by Gasteiger charge is 2.31. The third-order valence-electron chi connectivity index (χ3n) is 4.80. The largest absolute Gasteiger partial charge is 0.356 e. The molecule has 0 bridgehead atoms. The molecular formula is C16H22N2O. The lowest BCUT2D eigenvalue weighted by molar-refractivity contribution is 0.112. The zero-order chi connectivity index (χ0) is 13.2. The highest BCUT2D eigenvalue weighted by molar-refractivity contribution is 5.75. The molecule has 3 rings (SSSR count). The van der Waals surface area contributed by atoms with E-state index >= 15 is 0 Å². The minimum absolute atomic E-state index is 0.675. The van der Waals surface area contributed by atoms with E-state index in [4.69, 9.17) is 0 Å². The zero-order valence-corrected chi connectivity index (χ0v) is 11.6. The van der Waals surface area contributed by atoms with Gasteiger partial charge in [0.1, 0.15) is 5.82 Å². The number of aldehydes is 1. The summed E-state index contributed by atoms with van der Waals surface area (Å²) in [6, 6.07) is 1.95. The molecule has 102 valence electrons. The highest BCUT2D eigenvalue weighted by Crippen LogP contribution is 2.37. The van der Waals surface area contributed by atoms with E-state index in [-0.39, 0.29) is 0 Å². The quantitative estimate of drug-likeness (QED) is 0.764. The monoisotopic (exact) mass is 258 g/mol. The van der Waals surface area contributed by atoms with Crippen LogP contribution in [0.1, 0.15) is 48.0 Å². The van der Waals surface area contributed by atoms with Crippen LogP contribution in [0, 0.1) is 18.8 Å². The van der Waals surface area contributed by atoms with Gasteiger partial charge in [0.15, 0.2) is 6.29 Å². The Bertz CT molecular complexity index is 472. The van der Waals surface area contributed by atoms with E-state index in [1.54, 1.807) is 6.20 Å². The predicted molar refractivity (Wildman–Crippen MR) is 76.6 cm³/mol. The number of aryl methyl sites for hydroxylation is 1. The molecule has 1 aliphatic carbocycles. The van der Waals surface area contributed by atoms with Crippen molar-refractivity contribution >= 4 is 12.1 Å². The molecule has 2 fully saturated rings. The molecule has 3 heteroatoms. The molecule has 0 aromatic carbocycles. The fourth-order valence-corrected chi connectivity index (χ4v) is 3.78. The van der Waals surface area contributed by atoms with E-state index in [0.717, 1.165) is 42.6 Å². The molecule has 19 heavy (non-hydrogen) atoms. The molecule has 2 atom stereocenters. The number of anilines is 1. The molecule has 1 saturated heterocycles. The summed E-state index contributed by atoms with van der Waals surface area (Å²) in [6.45, 7) is 4.33. The van der Waals surface area contributed by atoms with Crippen molar-refractivity contribution in [2.45, 2.75) is 39.0 Å². The fourth-order valence-electron chi connectivity index (χ4n) is 3.78. The Morgan fingerprint density at radius 2 is 2.05 bits per heavy atom. The molecule has 2 heterocycles. The second kappa shape index (κ2) is 5.32. The molecule has 1 saturated carbocycles. The average Bonchev–Trinajstić information content (AvgIpc) is 2.46. The number of hydrogen-bond acceptors (Lipinski definition) is 3. The first-order valence-electron chi connectivity index (χ1n) is 7.44. The summed E-state index contributed by atoms with van der Waals surface area (Å²) in [4.78, 5) is 17.7. The van der Waals surface area contributed by atoms with Crippen molar-refractivity contribution in [3.8, 4) is 0 Å². The first kappa shape index (κ1) is 12.6. The van der Waals surface area contributed by atoms with Crippen LogP contribution in [0.15, 0.2) is 12.3 Å². The van der Waals surface area contributed by atoms with Crippen molar-refractivity contribution in [1.29, 1.82) is 0 Å². The molecule has 3 nitrogen and oxygen atoms in total. The molecule has 1 aliphatic heterocycles. The number of fused-ring (bicyclic) bond motifs is 1. The second-order valence-corrected chi connectivity index (χ2v) is 6.07. The average molecular weight is 258 g/mol. The van der Waals surface area contributed by atoms with Gasteiger partial charge in [-0.15, -0.1) is 0 Å². The van der Waals surface area contributed by atoms with Crippen molar-refractivity contribution in [1.82, 2.24) is 4.98 Å². The number of carbonyl (C=O) groups is 1. The Hall–Kier alpha value is -1.38. The molecule has 0 amide bonds. The van der Waals surface area contributed by atoms with Crippen LogP contribution in [0.4, 0.5) is 5.82 Å². The van der Waals surface area contributed by atoms with Gasteiger partial charge >= 0.3 is 0 Å². The van der Waals surface area contributed by atoms with Crippen LogP contribution in [0.5, 0.6) is 0 Å². The van der Waals surface area contributed by atoms with Crippen LogP contribution in [-0.2, 0) is 0 Å². The van der Waals surface area contributed by atoms with E-state index in [1.165, 1.54) is 32.1 Å². The Kier molecular flexibility index (Phi) is 3.54. The topological polar surface area (TPSA) is 33.2 Å². The second-order valence-electron chi connectivity index (χ2n) is 6.07. The summed E-state index contributed by atoms with van der Waals surface area (Å²) >= 11 is 0. The Balaban J connectivity index is 1.77. The Labute approximate surface area is 115 Å². The van der Waals surface area contributed by atoms with Gasteiger partial charge in [-0.25, -0.2) is 4.98 Å². The number of hydrogen-bond donors (Lipinski definition) is 0. The number of rotatable bonds is 2. The summed E-state index contributed by atoms with van der Waals surface area (Å²) in [5, 5.41) is 0. The van der Waals surface area contributed by atoms with E-state index in [9.17, 15) is 4.79 Å². The summed E-state index contributed by atoms with van der Waals surface area (Å²) in [5.74, 6) is 2.88. The maximum Gasteiger partial charge on any atom is 0.151 e. The summed E-state index contributed by atoms with van der Waals surface area (Å²) in [6.07, 6.45) is 9.50. The minimum Gasteiger partial charge on any atom is -0.356 e. The maximum atomic E-state index is 10.8. The first-order chi connectivity index (χ1) is 9.28. The minimum atomic E-state index is 0.675. The maximum absolute atomic E-state index is 10.8. The van der Waals surface area contributed by atoms with Gasteiger partial charge in [0, 0.05) is 24.8 Å². The van der Waals surface area contributed by atoms with Crippen molar-refractivity contribution in [2.75, 3.05) is 18.0 Å². The molecular weight excluding hydrogens is 236 g/mol. The number of aromatic nitrogens is 1. The number of piperidine rings is 1. The lowest BCUT2D eigenvalue weighted by Gasteiger charge is -2.42. The zero-order valence-electron chi connectivity index (χ0n) is 11.6.